The Morgan fingerprint density at radius 3 is 2.53 bits per heavy atom. The molecule has 0 radical (unpaired) electrons. The van der Waals surface area contributed by atoms with Crippen LogP contribution in [0.25, 0.3) is 0 Å². The van der Waals surface area contributed by atoms with Crippen molar-refractivity contribution in [2.75, 3.05) is 36.0 Å². The Balaban J connectivity index is 1.44. The number of anilines is 3. The molecule has 1 atom stereocenters. The number of halogens is 1. The number of benzene rings is 1. The summed E-state index contributed by atoms with van der Waals surface area (Å²) < 4.78 is 18.7. The van der Waals surface area contributed by atoms with Gasteiger partial charge in [-0.15, -0.1) is 0 Å². The number of aromatic nitrogens is 1. The Labute approximate surface area is 187 Å². The van der Waals surface area contributed by atoms with Gasteiger partial charge in [0.25, 0.3) is 0 Å². The van der Waals surface area contributed by atoms with Crippen molar-refractivity contribution < 1.29 is 18.7 Å². The highest BCUT2D eigenvalue weighted by Crippen LogP contribution is 2.36. The third-order valence-electron chi connectivity index (χ3n) is 5.41. The van der Waals surface area contributed by atoms with Crippen LogP contribution < -0.4 is 15.1 Å². The number of likely N-dealkylation sites (tertiary alicyclic amines) is 1. The minimum Gasteiger partial charge on any atom is -0.444 e. The average Bonchev–Trinajstić information content (AvgIpc) is 3.21. The van der Waals surface area contributed by atoms with Crippen molar-refractivity contribution in [2.24, 2.45) is 0 Å². The number of amides is 3. The molecule has 32 heavy (non-hydrogen) atoms. The Morgan fingerprint density at radius 1 is 1.09 bits per heavy atom. The van der Waals surface area contributed by atoms with Crippen molar-refractivity contribution in [3.05, 3.63) is 48.4 Å². The van der Waals surface area contributed by atoms with Crippen LogP contribution in [0.3, 0.4) is 0 Å². The van der Waals surface area contributed by atoms with Crippen LogP contribution in [0, 0.1) is 5.82 Å². The Morgan fingerprint density at radius 2 is 1.84 bits per heavy atom. The first-order valence-electron chi connectivity index (χ1n) is 10.8. The van der Waals surface area contributed by atoms with E-state index >= 15 is 0 Å². The molecule has 2 aliphatic heterocycles. The van der Waals surface area contributed by atoms with Crippen molar-refractivity contribution in [1.29, 1.82) is 0 Å². The van der Waals surface area contributed by atoms with Gasteiger partial charge in [-0.25, -0.2) is 19.0 Å². The summed E-state index contributed by atoms with van der Waals surface area (Å²) in [4.78, 5) is 34.9. The number of ether oxygens (including phenoxy) is 1. The van der Waals surface area contributed by atoms with Gasteiger partial charge < -0.3 is 19.9 Å². The zero-order valence-corrected chi connectivity index (χ0v) is 18.5. The maximum atomic E-state index is 13.3. The number of hydrogen-bond acceptors (Lipinski definition) is 5. The number of hydrogen-bond donors (Lipinski definition) is 1. The third-order valence-corrected chi connectivity index (χ3v) is 5.41. The van der Waals surface area contributed by atoms with Crippen molar-refractivity contribution in [3.8, 4) is 0 Å². The average molecular weight is 442 g/mol. The van der Waals surface area contributed by atoms with E-state index < -0.39 is 11.4 Å². The molecule has 4 rings (SSSR count). The number of urea groups is 1. The van der Waals surface area contributed by atoms with Gasteiger partial charge in [0.15, 0.2) is 0 Å². The zero-order valence-electron chi connectivity index (χ0n) is 18.5. The molecule has 1 fully saturated rings. The van der Waals surface area contributed by atoms with E-state index in [1.165, 1.54) is 12.3 Å². The van der Waals surface area contributed by atoms with Crippen molar-refractivity contribution in [1.82, 2.24) is 15.2 Å². The molecule has 2 aliphatic rings. The Hall–Kier alpha value is -3.36. The summed E-state index contributed by atoms with van der Waals surface area (Å²) in [6.07, 6.45) is 1.50. The predicted molar refractivity (Wildman–Crippen MR) is 120 cm³/mol. The van der Waals surface area contributed by atoms with Crippen molar-refractivity contribution in [3.63, 3.8) is 0 Å². The molecule has 8 nitrogen and oxygen atoms in total. The van der Waals surface area contributed by atoms with Gasteiger partial charge in [0, 0.05) is 26.2 Å². The highest BCUT2D eigenvalue weighted by atomic mass is 19.1. The van der Waals surface area contributed by atoms with E-state index in [2.05, 4.69) is 10.3 Å². The Bertz CT molecular complexity index is 992. The molecule has 2 aromatic rings. The van der Waals surface area contributed by atoms with E-state index in [-0.39, 0.29) is 18.2 Å². The third kappa shape index (κ3) is 4.76. The lowest BCUT2D eigenvalue weighted by Crippen LogP contribution is -2.50. The summed E-state index contributed by atoms with van der Waals surface area (Å²) >= 11 is 0. The number of fused-ring (bicyclic) bond motifs is 1. The van der Waals surface area contributed by atoms with Crippen LogP contribution in [0.4, 0.5) is 31.2 Å². The van der Waals surface area contributed by atoms with Crippen LogP contribution in [0.15, 0.2) is 42.6 Å². The van der Waals surface area contributed by atoms with Gasteiger partial charge in [-0.2, -0.15) is 0 Å². The van der Waals surface area contributed by atoms with E-state index in [9.17, 15) is 14.0 Å². The van der Waals surface area contributed by atoms with Crippen LogP contribution in [-0.4, -0.2) is 59.8 Å². The Kier molecular flexibility index (Phi) is 5.90. The minimum atomic E-state index is -0.554. The van der Waals surface area contributed by atoms with Gasteiger partial charge in [0.2, 0.25) is 0 Å². The van der Waals surface area contributed by atoms with Gasteiger partial charge in [0.1, 0.15) is 17.2 Å². The number of para-hydroxylation sites is 2. The fourth-order valence-corrected chi connectivity index (χ4v) is 3.96. The van der Waals surface area contributed by atoms with Gasteiger partial charge >= 0.3 is 12.1 Å². The number of pyridine rings is 1. The van der Waals surface area contributed by atoms with E-state index in [0.29, 0.717) is 38.4 Å². The molecule has 0 saturated carbocycles. The first kappa shape index (κ1) is 21.9. The van der Waals surface area contributed by atoms with Crippen LogP contribution >= 0.6 is 0 Å². The fraction of sp³-hybridized carbons (Fsp3) is 0.435. The standard InChI is InChI=1S/C23H28FN5O3/c1-23(2,3)32-22(31)27-11-10-17(15-27)26-21(30)29-13-12-28(18-6-4-5-7-19(18)29)20-9-8-16(24)14-25-20/h4-9,14,17H,10-13,15H2,1-3H3,(H,26,30)/t17-/m1/s1. The summed E-state index contributed by atoms with van der Waals surface area (Å²) in [5.41, 5.74) is 1.03. The molecule has 0 unspecified atom stereocenters. The molecule has 0 spiro atoms. The number of nitrogens with one attached hydrogen (secondary N) is 1. The molecule has 3 amide bonds. The molecule has 0 aliphatic carbocycles. The first-order chi connectivity index (χ1) is 15.2. The van der Waals surface area contributed by atoms with Gasteiger partial charge in [-0.3, -0.25) is 4.90 Å². The molecular weight excluding hydrogens is 413 g/mol. The second kappa shape index (κ2) is 8.64. The number of rotatable bonds is 2. The summed E-state index contributed by atoms with van der Waals surface area (Å²) in [7, 11) is 0. The monoisotopic (exact) mass is 441 g/mol. The van der Waals surface area contributed by atoms with Crippen molar-refractivity contribution in [2.45, 2.75) is 38.8 Å². The minimum absolute atomic E-state index is 0.140. The number of carbonyl (C=O) groups is 2. The number of nitrogens with zero attached hydrogens (tertiary/aromatic N) is 4. The first-order valence-corrected chi connectivity index (χ1v) is 10.8. The highest BCUT2D eigenvalue weighted by Gasteiger charge is 2.33. The van der Waals surface area contributed by atoms with Crippen LogP contribution in [0.2, 0.25) is 0 Å². The lowest BCUT2D eigenvalue weighted by atomic mass is 10.1. The largest absolute Gasteiger partial charge is 0.444 e. The maximum absolute atomic E-state index is 13.3. The topological polar surface area (TPSA) is 78.0 Å². The lowest BCUT2D eigenvalue weighted by Gasteiger charge is -2.37. The smallest absolute Gasteiger partial charge is 0.410 e. The normalized spacial score (nSPS) is 18.4. The quantitative estimate of drug-likeness (QED) is 0.765. The predicted octanol–water partition coefficient (Wildman–Crippen LogP) is 3.90. The molecule has 3 heterocycles. The van der Waals surface area contributed by atoms with Crippen LogP contribution in [0.1, 0.15) is 27.2 Å². The molecule has 9 heteroatoms. The fourth-order valence-electron chi connectivity index (χ4n) is 3.96. The van der Waals surface area contributed by atoms with Gasteiger partial charge in [0.05, 0.1) is 23.6 Å². The summed E-state index contributed by atoms with van der Waals surface area (Å²) in [5.74, 6) is 0.236. The number of carbonyl (C=O) groups excluding carboxylic acids is 2. The molecule has 0 bridgehead atoms. The molecule has 1 aromatic heterocycles. The zero-order chi connectivity index (χ0) is 22.9. The molecule has 1 saturated heterocycles. The SMILES string of the molecule is CC(C)(C)OC(=O)N1CC[C@@H](NC(=O)N2CCN(c3ccc(F)cn3)c3ccccc32)C1. The lowest BCUT2D eigenvalue weighted by molar-refractivity contribution is 0.0291. The highest BCUT2D eigenvalue weighted by molar-refractivity contribution is 5.98. The second-order valence-electron chi connectivity index (χ2n) is 8.99. The molecule has 1 N–H and O–H groups in total. The van der Waals surface area contributed by atoms with Gasteiger partial charge in [-0.05, 0) is 51.5 Å². The molecule has 170 valence electrons. The summed E-state index contributed by atoms with van der Waals surface area (Å²) in [6, 6.07) is 10.2. The van der Waals surface area contributed by atoms with Crippen LogP contribution in [-0.2, 0) is 4.74 Å². The van der Waals surface area contributed by atoms with E-state index in [1.807, 2.05) is 49.9 Å². The maximum Gasteiger partial charge on any atom is 0.410 e. The summed E-state index contributed by atoms with van der Waals surface area (Å²) in [6.45, 7) is 7.43. The van der Waals surface area contributed by atoms with E-state index in [4.69, 9.17) is 4.74 Å². The van der Waals surface area contributed by atoms with Crippen molar-refractivity contribution >= 4 is 29.3 Å². The molecule has 1 aromatic carbocycles. The molecular formula is C23H28FN5O3. The second-order valence-corrected chi connectivity index (χ2v) is 8.99. The summed E-state index contributed by atoms with van der Waals surface area (Å²) in [5, 5.41) is 3.05. The van der Waals surface area contributed by atoms with E-state index in [1.54, 1.807) is 15.9 Å². The van der Waals surface area contributed by atoms with Gasteiger partial charge in [-0.1, -0.05) is 12.1 Å². The van der Waals surface area contributed by atoms with Crippen LogP contribution in [0.5, 0.6) is 0 Å². The van der Waals surface area contributed by atoms with E-state index in [0.717, 1.165) is 11.4 Å².